The molecule has 1 aliphatic heterocycles. The quantitative estimate of drug-likeness (QED) is 0.740. The van der Waals surface area contributed by atoms with Gasteiger partial charge in [-0.05, 0) is 48.0 Å². The number of hydrogen-bond acceptors (Lipinski definition) is 3. The summed E-state index contributed by atoms with van der Waals surface area (Å²) in [4.78, 5) is 36.6. The average Bonchev–Trinajstić information content (AvgIpc) is 2.55. The van der Waals surface area contributed by atoms with Crippen LogP contribution in [0.4, 0.5) is 10.5 Å². The molecule has 6 nitrogen and oxygen atoms in total. The lowest BCUT2D eigenvalue weighted by Gasteiger charge is -2.16. The van der Waals surface area contributed by atoms with Crippen molar-refractivity contribution in [3.8, 4) is 0 Å². The molecular formula is C13H13Br2N3O3. The van der Waals surface area contributed by atoms with E-state index in [0.29, 0.717) is 10.2 Å². The summed E-state index contributed by atoms with van der Waals surface area (Å²) in [6, 6.07) is 4.71. The van der Waals surface area contributed by atoms with Crippen LogP contribution < -0.4 is 10.6 Å². The molecule has 0 unspecified atom stereocenters. The average molecular weight is 419 g/mol. The number of rotatable bonds is 3. The second kappa shape index (κ2) is 5.76. The van der Waals surface area contributed by atoms with Gasteiger partial charge in [-0.1, -0.05) is 15.9 Å². The van der Waals surface area contributed by atoms with E-state index in [1.807, 2.05) is 0 Å². The molecule has 1 aromatic rings. The Hall–Kier alpha value is -1.41. The van der Waals surface area contributed by atoms with Crippen LogP contribution in [-0.2, 0) is 9.59 Å². The van der Waals surface area contributed by atoms with Gasteiger partial charge in [-0.15, -0.1) is 0 Å². The molecule has 0 atom stereocenters. The highest BCUT2D eigenvalue weighted by molar-refractivity contribution is 9.11. The molecule has 1 saturated heterocycles. The van der Waals surface area contributed by atoms with E-state index in [-0.39, 0.29) is 6.54 Å². The Morgan fingerprint density at radius 2 is 2.00 bits per heavy atom. The lowest BCUT2D eigenvalue weighted by molar-refractivity contribution is -0.132. The van der Waals surface area contributed by atoms with Crippen LogP contribution in [0.15, 0.2) is 27.1 Å². The number of amides is 4. The maximum absolute atomic E-state index is 12.0. The molecule has 0 spiro atoms. The van der Waals surface area contributed by atoms with Crippen LogP contribution in [0, 0.1) is 0 Å². The monoisotopic (exact) mass is 417 g/mol. The summed E-state index contributed by atoms with van der Waals surface area (Å²) in [6.45, 7) is 2.86. The van der Waals surface area contributed by atoms with Gasteiger partial charge in [-0.3, -0.25) is 14.5 Å². The minimum Gasteiger partial charge on any atom is -0.324 e. The normalized spacial score (nSPS) is 16.9. The number of carbonyl (C=O) groups excluding carboxylic acids is 3. The second-order valence-electron chi connectivity index (χ2n) is 5.12. The summed E-state index contributed by atoms with van der Waals surface area (Å²) in [5.74, 6) is -0.864. The van der Waals surface area contributed by atoms with Crippen LogP contribution in [-0.4, -0.2) is 34.8 Å². The van der Waals surface area contributed by atoms with E-state index in [4.69, 9.17) is 0 Å². The molecule has 2 rings (SSSR count). The van der Waals surface area contributed by atoms with Crippen LogP contribution in [0.3, 0.4) is 0 Å². The highest BCUT2D eigenvalue weighted by Crippen LogP contribution is 2.26. The number of benzene rings is 1. The molecule has 21 heavy (non-hydrogen) atoms. The van der Waals surface area contributed by atoms with Crippen molar-refractivity contribution in [3.63, 3.8) is 0 Å². The summed E-state index contributed by atoms with van der Waals surface area (Å²) < 4.78 is 1.56. The van der Waals surface area contributed by atoms with E-state index >= 15 is 0 Å². The van der Waals surface area contributed by atoms with E-state index in [9.17, 15) is 14.4 Å². The molecule has 0 saturated carbocycles. The number of urea groups is 1. The van der Waals surface area contributed by atoms with Crippen molar-refractivity contribution in [2.45, 2.75) is 19.4 Å². The molecule has 0 aromatic heterocycles. The van der Waals surface area contributed by atoms with Gasteiger partial charge in [-0.25, -0.2) is 4.79 Å². The Kier molecular flexibility index (Phi) is 4.38. The van der Waals surface area contributed by atoms with Gasteiger partial charge in [0.05, 0.1) is 5.69 Å². The molecule has 1 aromatic carbocycles. The van der Waals surface area contributed by atoms with Crippen molar-refractivity contribution in [2.24, 2.45) is 0 Å². The lowest BCUT2D eigenvalue weighted by atomic mass is 10.1. The standard InChI is InChI=1S/C13H13Br2N3O3/c1-13(2)11(20)18(12(21)17-13)6-10(19)16-9-4-3-7(14)5-8(9)15/h3-5H,6H2,1-2H3,(H,16,19)(H,17,21). The SMILES string of the molecule is CC1(C)NC(=O)N(CC(=O)Nc2ccc(Br)cc2Br)C1=O. The van der Waals surface area contributed by atoms with Gasteiger partial charge >= 0.3 is 6.03 Å². The van der Waals surface area contributed by atoms with Crippen LogP contribution in [0.1, 0.15) is 13.8 Å². The Labute approximate surface area is 138 Å². The maximum atomic E-state index is 12.0. The van der Waals surface area contributed by atoms with Gasteiger partial charge in [0.15, 0.2) is 0 Å². The lowest BCUT2D eigenvalue weighted by Crippen LogP contribution is -2.41. The predicted molar refractivity (Wildman–Crippen MR) is 84.8 cm³/mol. The number of hydrogen-bond donors (Lipinski definition) is 2. The third kappa shape index (κ3) is 3.44. The van der Waals surface area contributed by atoms with Crippen LogP contribution >= 0.6 is 31.9 Å². The van der Waals surface area contributed by atoms with Crippen molar-refractivity contribution in [1.29, 1.82) is 0 Å². The molecule has 1 aliphatic rings. The third-order valence-electron chi connectivity index (χ3n) is 2.95. The fourth-order valence-corrected chi connectivity index (χ4v) is 3.03. The molecule has 8 heteroatoms. The van der Waals surface area contributed by atoms with E-state index in [2.05, 4.69) is 42.5 Å². The first kappa shape index (κ1) is 16.0. The number of nitrogens with one attached hydrogen (secondary N) is 2. The largest absolute Gasteiger partial charge is 0.325 e. The zero-order valence-corrected chi connectivity index (χ0v) is 14.5. The summed E-state index contributed by atoms with van der Waals surface area (Å²) in [5, 5.41) is 5.18. The molecule has 0 bridgehead atoms. The fourth-order valence-electron chi connectivity index (χ4n) is 1.89. The van der Waals surface area contributed by atoms with Crippen molar-refractivity contribution < 1.29 is 14.4 Å². The topological polar surface area (TPSA) is 78.5 Å². The summed E-state index contributed by atoms with van der Waals surface area (Å²) in [7, 11) is 0. The first-order valence-electron chi connectivity index (χ1n) is 6.10. The smallest absolute Gasteiger partial charge is 0.324 e. The van der Waals surface area contributed by atoms with Crippen molar-refractivity contribution in [2.75, 3.05) is 11.9 Å². The minimum absolute atomic E-state index is 0.323. The molecule has 1 fully saturated rings. The molecule has 2 N–H and O–H groups in total. The van der Waals surface area contributed by atoms with Gasteiger partial charge in [0, 0.05) is 8.95 Å². The molecule has 112 valence electrons. The van der Waals surface area contributed by atoms with Crippen LogP contribution in [0.5, 0.6) is 0 Å². The predicted octanol–water partition coefficient (Wildman–Crippen LogP) is 2.48. The molecular weight excluding hydrogens is 406 g/mol. The molecule has 1 heterocycles. The van der Waals surface area contributed by atoms with Crippen molar-refractivity contribution in [1.82, 2.24) is 10.2 Å². The summed E-state index contributed by atoms with van der Waals surface area (Å²) in [6.07, 6.45) is 0. The Balaban J connectivity index is 2.06. The number of nitrogens with zero attached hydrogens (tertiary/aromatic N) is 1. The minimum atomic E-state index is -0.977. The van der Waals surface area contributed by atoms with Gasteiger partial charge in [0.25, 0.3) is 5.91 Å². The summed E-state index contributed by atoms with van der Waals surface area (Å²) >= 11 is 6.64. The van der Waals surface area contributed by atoms with E-state index < -0.39 is 23.4 Å². The van der Waals surface area contributed by atoms with Crippen LogP contribution in [0.25, 0.3) is 0 Å². The molecule has 0 radical (unpaired) electrons. The number of halogens is 2. The van der Waals surface area contributed by atoms with E-state index in [0.717, 1.165) is 9.37 Å². The second-order valence-corrected chi connectivity index (χ2v) is 6.89. The summed E-state index contributed by atoms with van der Waals surface area (Å²) in [5.41, 5.74) is -0.412. The van der Waals surface area contributed by atoms with Gasteiger partial charge < -0.3 is 10.6 Å². The molecule has 4 amide bonds. The maximum Gasteiger partial charge on any atom is 0.325 e. The van der Waals surface area contributed by atoms with Crippen molar-refractivity contribution >= 4 is 55.4 Å². The van der Waals surface area contributed by atoms with Crippen LogP contribution in [0.2, 0.25) is 0 Å². The highest BCUT2D eigenvalue weighted by atomic mass is 79.9. The number of carbonyl (C=O) groups is 3. The van der Waals surface area contributed by atoms with E-state index in [1.54, 1.807) is 32.0 Å². The number of anilines is 1. The Bertz CT molecular complexity index is 631. The Morgan fingerprint density at radius 1 is 1.33 bits per heavy atom. The number of imide groups is 1. The third-order valence-corrected chi connectivity index (χ3v) is 4.10. The first-order valence-corrected chi connectivity index (χ1v) is 7.68. The molecule has 0 aliphatic carbocycles. The van der Waals surface area contributed by atoms with Gasteiger partial charge in [-0.2, -0.15) is 0 Å². The Morgan fingerprint density at radius 3 is 2.52 bits per heavy atom. The van der Waals surface area contributed by atoms with E-state index in [1.165, 1.54) is 0 Å². The zero-order chi connectivity index (χ0) is 15.8. The highest BCUT2D eigenvalue weighted by Gasteiger charge is 2.44. The fraction of sp³-hybridized carbons (Fsp3) is 0.308. The van der Waals surface area contributed by atoms with Crippen molar-refractivity contribution in [3.05, 3.63) is 27.1 Å². The zero-order valence-electron chi connectivity index (χ0n) is 11.4. The van der Waals surface area contributed by atoms with Gasteiger partial charge in [0.1, 0.15) is 12.1 Å². The first-order chi connectivity index (χ1) is 9.70. The van der Waals surface area contributed by atoms with Gasteiger partial charge in [0.2, 0.25) is 5.91 Å².